The lowest BCUT2D eigenvalue weighted by atomic mass is 10.0. The first-order valence-corrected chi connectivity index (χ1v) is 17.9. The van der Waals surface area contributed by atoms with Crippen LogP contribution >= 0.6 is 48.8 Å². The Hall–Kier alpha value is -2.32. The molecule has 0 spiro atoms. The summed E-state index contributed by atoms with van der Waals surface area (Å²) in [6.07, 6.45) is 12.9. The zero-order valence-electron chi connectivity index (χ0n) is 28.4. The summed E-state index contributed by atoms with van der Waals surface area (Å²) in [7, 11) is 0. The van der Waals surface area contributed by atoms with Crippen molar-refractivity contribution in [2.24, 2.45) is 0 Å². The Morgan fingerprint density at radius 2 is 1.43 bits per heavy atom. The van der Waals surface area contributed by atoms with E-state index in [2.05, 4.69) is 34.1 Å². The van der Waals surface area contributed by atoms with Crippen LogP contribution < -0.4 is 10.3 Å². The number of hydrogen-bond acceptors (Lipinski definition) is 5. The number of unbranched alkanes of at least 4 members (excludes halogenated alkanes) is 1. The van der Waals surface area contributed by atoms with Crippen LogP contribution in [0.2, 0.25) is 5.02 Å². The fourth-order valence-electron chi connectivity index (χ4n) is 7.19. The van der Waals surface area contributed by atoms with Gasteiger partial charge in [-0.1, -0.05) is 66.9 Å². The van der Waals surface area contributed by atoms with Crippen molar-refractivity contribution < 1.29 is 4.74 Å². The Morgan fingerprint density at radius 1 is 0.735 bits per heavy atom. The van der Waals surface area contributed by atoms with E-state index in [1.165, 1.54) is 50.8 Å². The summed E-state index contributed by atoms with van der Waals surface area (Å²) < 4.78 is 7.77. The highest BCUT2D eigenvalue weighted by molar-refractivity contribution is 6.30. The largest absolute Gasteiger partial charge is 0.494 e. The molecule has 0 unspecified atom stereocenters. The Bertz CT molecular complexity index is 1590. The number of benzene rings is 3. The van der Waals surface area contributed by atoms with Gasteiger partial charge in [0.15, 0.2) is 0 Å². The Kier molecular flexibility index (Phi) is 17.7. The molecule has 1 atom stereocenters. The molecule has 0 aliphatic carbocycles. The third kappa shape index (κ3) is 11.9. The highest BCUT2D eigenvalue weighted by atomic mass is 35.5. The predicted molar refractivity (Wildman–Crippen MR) is 211 cm³/mol. The summed E-state index contributed by atoms with van der Waals surface area (Å²) in [6.45, 7) is 7.23. The Balaban J connectivity index is 0.00000217. The standard InChI is InChI=1S/C39H49ClN4O2.3ClH/c40-33-19-15-32(16-20-33)29-38-36-13-3-4-14-37(36)39(45)44(41-38)30-34-12-9-27-43(34)26-8-5-11-31-17-21-35(22-18-31)46-28-10-25-42-23-6-1-2-7-24-42;;;/h3-4,13-22,34H,1-2,5-12,23-30H2;3*1H/t34-;;;/m1.../s1. The Labute approximate surface area is 315 Å². The minimum absolute atomic E-state index is 0. The van der Waals surface area contributed by atoms with Crippen LogP contribution in [0.1, 0.15) is 74.6 Å². The number of nitrogens with zero attached hydrogens (tertiary/aromatic N) is 4. The molecule has 2 aliphatic heterocycles. The summed E-state index contributed by atoms with van der Waals surface area (Å²) in [5, 5.41) is 7.34. The third-order valence-electron chi connectivity index (χ3n) is 9.78. The van der Waals surface area contributed by atoms with E-state index in [1.807, 2.05) is 48.5 Å². The van der Waals surface area contributed by atoms with Crippen LogP contribution in [0.15, 0.2) is 77.6 Å². The maximum absolute atomic E-state index is 13.5. The van der Waals surface area contributed by atoms with Gasteiger partial charge >= 0.3 is 0 Å². The molecule has 3 aromatic carbocycles. The van der Waals surface area contributed by atoms with Gasteiger partial charge in [0.1, 0.15) is 5.75 Å². The van der Waals surface area contributed by atoms with Crippen molar-refractivity contribution in [3.05, 3.63) is 105 Å². The second-order valence-corrected chi connectivity index (χ2v) is 13.6. The average Bonchev–Trinajstić information content (AvgIpc) is 3.35. The molecule has 3 heterocycles. The zero-order chi connectivity index (χ0) is 31.6. The van der Waals surface area contributed by atoms with Crippen molar-refractivity contribution in [3.63, 3.8) is 0 Å². The van der Waals surface area contributed by atoms with Crippen molar-refractivity contribution >= 4 is 59.6 Å². The van der Waals surface area contributed by atoms with E-state index in [4.69, 9.17) is 21.4 Å². The molecular weight excluding hydrogens is 698 g/mol. The van der Waals surface area contributed by atoms with Gasteiger partial charge in [-0.2, -0.15) is 5.10 Å². The molecule has 0 saturated carbocycles. The van der Waals surface area contributed by atoms with Gasteiger partial charge in [-0.15, -0.1) is 37.2 Å². The molecule has 268 valence electrons. The SMILES string of the molecule is Cl.Cl.Cl.O=c1c2ccccc2c(Cc2ccc(Cl)cc2)nn1C[C@H]1CCCN1CCCCc1ccc(OCCCN2CCCCCC2)cc1. The van der Waals surface area contributed by atoms with E-state index >= 15 is 0 Å². The van der Waals surface area contributed by atoms with Gasteiger partial charge in [-0.05, 0) is 119 Å². The van der Waals surface area contributed by atoms with Gasteiger partial charge in [0.25, 0.3) is 5.56 Å². The highest BCUT2D eigenvalue weighted by Gasteiger charge is 2.25. The number of fused-ring (bicyclic) bond motifs is 1. The summed E-state index contributed by atoms with van der Waals surface area (Å²) >= 11 is 6.12. The van der Waals surface area contributed by atoms with Crippen LogP contribution in [0.5, 0.6) is 5.75 Å². The van der Waals surface area contributed by atoms with Gasteiger partial charge in [0.2, 0.25) is 0 Å². The minimum atomic E-state index is 0. The quantitative estimate of drug-likeness (QED) is 0.121. The van der Waals surface area contributed by atoms with Gasteiger partial charge in [-0.25, -0.2) is 4.68 Å². The van der Waals surface area contributed by atoms with E-state index in [1.54, 1.807) is 4.68 Å². The molecule has 49 heavy (non-hydrogen) atoms. The van der Waals surface area contributed by atoms with Crippen molar-refractivity contribution in [3.8, 4) is 5.75 Å². The summed E-state index contributed by atoms with van der Waals surface area (Å²) in [5.41, 5.74) is 3.45. The van der Waals surface area contributed by atoms with Crippen molar-refractivity contribution in [2.75, 3.05) is 39.3 Å². The lowest BCUT2D eigenvalue weighted by molar-refractivity contribution is 0.221. The smallest absolute Gasteiger partial charge is 0.274 e. The fraction of sp³-hybridized carbons (Fsp3) is 0.487. The lowest BCUT2D eigenvalue weighted by Gasteiger charge is -2.25. The van der Waals surface area contributed by atoms with E-state index in [0.29, 0.717) is 19.0 Å². The molecule has 10 heteroatoms. The second-order valence-electron chi connectivity index (χ2n) is 13.2. The summed E-state index contributed by atoms with van der Waals surface area (Å²) in [6, 6.07) is 24.8. The molecule has 2 saturated heterocycles. The van der Waals surface area contributed by atoms with Crippen molar-refractivity contribution in [1.82, 2.24) is 19.6 Å². The fourth-order valence-corrected chi connectivity index (χ4v) is 7.31. The van der Waals surface area contributed by atoms with E-state index in [-0.39, 0.29) is 42.8 Å². The molecule has 6 rings (SSSR count). The van der Waals surface area contributed by atoms with E-state index in [0.717, 1.165) is 91.1 Å². The molecular formula is C39H52Cl4N4O2. The molecule has 0 radical (unpaired) electrons. The number of aryl methyl sites for hydroxylation is 1. The Morgan fingerprint density at radius 3 is 2.16 bits per heavy atom. The van der Waals surface area contributed by atoms with Gasteiger partial charge < -0.3 is 9.64 Å². The summed E-state index contributed by atoms with van der Waals surface area (Å²) in [4.78, 5) is 18.7. The maximum atomic E-state index is 13.5. The van der Waals surface area contributed by atoms with Crippen molar-refractivity contribution in [2.45, 2.75) is 83.2 Å². The molecule has 0 bridgehead atoms. The second kappa shape index (κ2) is 21.1. The van der Waals surface area contributed by atoms with E-state index in [9.17, 15) is 4.79 Å². The van der Waals surface area contributed by atoms with Crippen molar-refractivity contribution in [1.29, 1.82) is 0 Å². The highest BCUT2D eigenvalue weighted by Crippen LogP contribution is 2.22. The molecule has 4 aromatic rings. The lowest BCUT2D eigenvalue weighted by Crippen LogP contribution is -2.38. The molecule has 2 fully saturated rings. The average molecular weight is 751 g/mol. The first-order valence-electron chi connectivity index (χ1n) is 17.5. The van der Waals surface area contributed by atoms with Crippen LogP contribution in [0.4, 0.5) is 0 Å². The van der Waals surface area contributed by atoms with Gasteiger partial charge in [0.05, 0.1) is 24.2 Å². The number of halogens is 4. The normalized spacial score (nSPS) is 16.7. The number of likely N-dealkylation sites (tertiary alicyclic amines) is 2. The van der Waals surface area contributed by atoms with E-state index < -0.39 is 0 Å². The minimum Gasteiger partial charge on any atom is -0.494 e. The maximum Gasteiger partial charge on any atom is 0.274 e. The van der Waals surface area contributed by atoms with Gasteiger partial charge in [-0.3, -0.25) is 9.69 Å². The monoisotopic (exact) mass is 748 g/mol. The molecule has 6 nitrogen and oxygen atoms in total. The topological polar surface area (TPSA) is 50.6 Å². The first kappa shape index (κ1) is 41.1. The number of ether oxygens (including phenoxy) is 1. The number of rotatable bonds is 14. The molecule has 1 aromatic heterocycles. The van der Waals surface area contributed by atoms with Crippen LogP contribution in [0.3, 0.4) is 0 Å². The molecule has 2 aliphatic rings. The van der Waals surface area contributed by atoms with Crippen LogP contribution in [-0.2, 0) is 19.4 Å². The first-order chi connectivity index (χ1) is 22.6. The molecule has 0 amide bonds. The van der Waals surface area contributed by atoms with Crippen LogP contribution in [0.25, 0.3) is 10.8 Å². The van der Waals surface area contributed by atoms with Crippen LogP contribution in [0, 0.1) is 0 Å². The predicted octanol–water partition coefficient (Wildman–Crippen LogP) is 9.04. The molecule has 0 N–H and O–H groups in total. The summed E-state index contributed by atoms with van der Waals surface area (Å²) in [5.74, 6) is 0.980. The number of hydrogen-bond donors (Lipinski definition) is 0. The van der Waals surface area contributed by atoms with Gasteiger partial charge in [0, 0.05) is 29.4 Å². The zero-order valence-corrected chi connectivity index (χ0v) is 31.6. The van der Waals surface area contributed by atoms with Crippen LogP contribution in [-0.4, -0.2) is 65.0 Å². The number of aromatic nitrogens is 2. The third-order valence-corrected chi connectivity index (χ3v) is 10.0.